The Morgan fingerprint density at radius 1 is 0.909 bits per heavy atom. The van der Waals surface area contributed by atoms with Crippen LogP contribution in [-0.4, -0.2) is 30.1 Å². The Bertz CT molecular complexity index is 1130. The second-order valence-corrected chi connectivity index (χ2v) is 7.58. The van der Waals surface area contributed by atoms with Crippen LogP contribution in [0.3, 0.4) is 0 Å². The van der Waals surface area contributed by atoms with Crippen molar-refractivity contribution in [3.63, 3.8) is 0 Å². The number of hydrogen-bond acceptors (Lipinski definition) is 6. The van der Waals surface area contributed by atoms with Crippen LogP contribution in [0, 0.1) is 10.1 Å². The minimum Gasteiger partial charge on any atom is -0.449 e. The van der Waals surface area contributed by atoms with Crippen molar-refractivity contribution < 1.29 is 24.0 Å². The summed E-state index contributed by atoms with van der Waals surface area (Å²) >= 11 is 0. The molecular weight excluding hydrogens is 424 g/mol. The number of fused-ring (bicyclic) bond motifs is 3. The van der Waals surface area contributed by atoms with Crippen LogP contribution in [0.25, 0.3) is 11.1 Å². The third-order valence-corrected chi connectivity index (χ3v) is 5.45. The molecule has 1 aliphatic carbocycles. The molecule has 0 saturated heterocycles. The van der Waals surface area contributed by atoms with Gasteiger partial charge >= 0.3 is 12.1 Å². The van der Waals surface area contributed by atoms with E-state index in [0.29, 0.717) is 6.42 Å². The van der Waals surface area contributed by atoms with Crippen LogP contribution < -0.4 is 10.1 Å². The summed E-state index contributed by atoms with van der Waals surface area (Å²) in [7, 11) is 0. The van der Waals surface area contributed by atoms with E-state index in [2.05, 4.69) is 29.6 Å². The van der Waals surface area contributed by atoms with Gasteiger partial charge in [0.05, 0.1) is 4.92 Å². The zero-order chi connectivity index (χ0) is 23.2. The summed E-state index contributed by atoms with van der Waals surface area (Å²) in [4.78, 5) is 34.2. The highest BCUT2D eigenvalue weighted by Crippen LogP contribution is 2.44. The van der Waals surface area contributed by atoms with E-state index in [1.165, 1.54) is 24.3 Å². The minimum absolute atomic E-state index is 0.0141. The summed E-state index contributed by atoms with van der Waals surface area (Å²) in [6, 6.07) is 21.5. The number of carbonyl (C=O) groups excluding carboxylic acids is 2. The largest absolute Gasteiger partial charge is 0.449 e. The smallest absolute Gasteiger partial charge is 0.407 e. The van der Waals surface area contributed by atoms with Crippen LogP contribution in [0.4, 0.5) is 10.5 Å². The molecule has 33 heavy (non-hydrogen) atoms. The number of amides is 1. The molecule has 8 nitrogen and oxygen atoms in total. The van der Waals surface area contributed by atoms with Gasteiger partial charge in [-0.25, -0.2) is 4.79 Å². The van der Waals surface area contributed by atoms with E-state index in [9.17, 15) is 19.7 Å². The maximum absolute atomic E-state index is 12.1. The summed E-state index contributed by atoms with van der Waals surface area (Å²) in [5, 5.41) is 13.3. The van der Waals surface area contributed by atoms with E-state index in [4.69, 9.17) is 9.47 Å². The molecule has 0 saturated carbocycles. The lowest BCUT2D eigenvalue weighted by molar-refractivity contribution is -0.384. The number of carbonyl (C=O) groups is 2. The lowest BCUT2D eigenvalue weighted by Gasteiger charge is -2.14. The molecule has 1 aliphatic rings. The van der Waals surface area contributed by atoms with Gasteiger partial charge in [0.15, 0.2) is 0 Å². The van der Waals surface area contributed by atoms with Crippen molar-refractivity contribution in [3.8, 4) is 16.9 Å². The highest BCUT2D eigenvalue weighted by Gasteiger charge is 2.28. The number of non-ortho nitro benzene ring substituents is 1. The number of ether oxygens (including phenoxy) is 2. The molecule has 0 radical (unpaired) electrons. The normalized spacial score (nSPS) is 11.9. The van der Waals surface area contributed by atoms with Crippen molar-refractivity contribution in [3.05, 3.63) is 94.0 Å². The van der Waals surface area contributed by atoms with E-state index in [-0.39, 0.29) is 36.9 Å². The van der Waals surface area contributed by atoms with Crippen LogP contribution in [0.15, 0.2) is 72.8 Å². The predicted molar refractivity (Wildman–Crippen MR) is 121 cm³/mol. The molecule has 0 unspecified atom stereocenters. The third kappa shape index (κ3) is 5.17. The summed E-state index contributed by atoms with van der Waals surface area (Å²) in [6.07, 6.45) is -0.0861. The Kier molecular flexibility index (Phi) is 6.64. The van der Waals surface area contributed by atoms with Gasteiger partial charge in [-0.2, -0.15) is 0 Å². The van der Waals surface area contributed by atoms with E-state index in [1.807, 2.05) is 24.3 Å². The second-order valence-electron chi connectivity index (χ2n) is 7.58. The lowest BCUT2D eigenvalue weighted by atomic mass is 9.98. The molecule has 1 N–H and O–H groups in total. The monoisotopic (exact) mass is 446 g/mol. The minimum atomic E-state index is -0.541. The molecule has 8 heteroatoms. The topological polar surface area (TPSA) is 108 Å². The first-order valence-electron chi connectivity index (χ1n) is 10.6. The first-order chi connectivity index (χ1) is 16.0. The molecule has 3 aromatic rings. The zero-order valence-electron chi connectivity index (χ0n) is 17.7. The number of hydrogen-bond donors (Lipinski definition) is 1. The van der Waals surface area contributed by atoms with Gasteiger partial charge < -0.3 is 14.8 Å². The van der Waals surface area contributed by atoms with Crippen molar-refractivity contribution in [1.82, 2.24) is 5.32 Å². The van der Waals surface area contributed by atoms with Gasteiger partial charge in [-0.3, -0.25) is 14.9 Å². The van der Waals surface area contributed by atoms with Crippen molar-refractivity contribution >= 4 is 17.7 Å². The van der Waals surface area contributed by atoms with Gasteiger partial charge in [-0.1, -0.05) is 48.5 Å². The fourth-order valence-electron chi connectivity index (χ4n) is 3.89. The van der Waals surface area contributed by atoms with Crippen LogP contribution in [0.2, 0.25) is 0 Å². The van der Waals surface area contributed by atoms with Crippen molar-refractivity contribution in [2.75, 3.05) is 13.2 Å². The second kappa shape index (κ2) is 9.95. The summed E-state index contributed by atoms with van der Waals surface area (Å²) in [5.74, 6) is -0.270. The summed E-state index contributed by atoms with van der Waals surface area (Å²) in [5.41, 5.74) is 4.52. The summed E-state index contributed by atoms with van der Waals surface area (Å²) < 4.78 is 10.6. The van der Waals surface area contributed by atoms with E-state index < -0.39 is 17.0 Å². The predicted octanol–water partition coefficient (Wildman–Crippen LogP) is 4.82. The standard InChI is InChI=1S/C25H22N2O6/c28-24(33-18-13-11-17(12-14-18)27(30)31)10-5-15-26-25(29)32-16-23-21-8-3-1-6-19(21)20-7-2-4-9-22(20)23/h1-4,6-9,11-14,23H,5,10,15-16H2,(H,26,29). The Morgan fingerprint density at radius 2 is 1.52 bits per heavy atom. The molecule has 1 amide bonds. The number of nitro groups is 1. The van der Waals surface area contributed by atoms with Crippen molar-refractivity contribution in [2.45, 2.75) is 18.8 Å². The quantitative estimate of drug-likeness (QED) is 0.175. The molecule has 0 spiro atoms. The molecule has 0 atom stereocenters. The van der Waals surface area contributed by atoms with Crippen LogP contribution in [0.5, 0.6) is 5.75 Å². The van der Waals surface area contributed by atoms with Crippen LogP contribution in [-0.2, 0) is 9.53 Å². The molecule has 0 fully saturated rings. The highest BCUT2D eigenvalue weighted by molar-refractivity contribution is 5.79. The van der Waals surface area contributed by atoms with Gasteiger partial charge in [0, 0.05) is 31.0 Å². The molecule has 0 heterocycles. The number of esters is 1. The van der Waals surface area contributed by atoms with Crippen molar-refractivity contribution in [1.29, 1.82) is 0 Å². The Balaban J connectivity index is 1.20. The first-order valence-corrected chi connectivity index (χ1v) is 10.6. The third-order valence-electron chi connectivity index (χ3n) is 5.45. The number of rotatable bonds is 8. The van der Waals surface area contributed by atoms with Crippen LogP contribution >= 0.6 is 0 Å². The fraction of sp³-hybridized carbons (Fsp3) is 0.200. The molecule has 3 aromatic carbocycles. The number of nitrogens with one attached hydrogen (secondary N) is 1. The molecular formula is C25H22N2O6. The number of alkyl carbamates (subject to hydrolysis) is 1. The number of benzene rings is 3. The maximum atomic E-state index is 12.1. The van der Waals surface area contributed by atoms with Gasteiger partial charge in [0.25, 0.3) is 5.69 Å². The number of nitro benzene ring substituents is 1. The fourth-order valence-corrected chi connectivity index (χ4v) is 3.89. The maximum Gasteiger partial charge on any atom is 0.407 e. The number of nitrogens with zero attached hydrogens (tertiary/aromatic N) is 1. The Hall–Kier alpha value is -4.20. The van der Waals surface area contributed by atoms with E-state index >= 15 is 0 Å². The highest BCUT2D eigenvalue weighted by atomic mass is 16.6. The van der Waals surface area contributed by atoms with Gasteiger partial charge in [0.1, 0.15) is 12.4 Å². The Labute approximate surface area is 190 Å². The molecule has 0 bridgehead atoms. The van der Waals surface area contributed by atoms with Gasteiger partial charge in [-0.15, -0.1) is 0 Å². The molecule has 0 aliphatic heterocycles. The molecule has 168 valence electrons. The lowest BCUT2D eigenvalue weighted by Crippen LogP contribution is -2.27. The van der Waals surface area contributed by atoms with E-state index in [0.717, 1.165) is 22.3 Å². The SMILES string of the molecule is O=C(CCCNC(=O)OCC1c2ccccc2-c2ccccc21)Oc1ccc([N+](=O)[O-])cc1. The molecule has 4 rings (SSSR count). The van der Waals surface area contributed by atoms with Gasteiger partial charge in [-0.05, 0) is 40.8 Å². The van der Waals surface area contributed by atoms with Crippen molar-refractivity contribution in [2.24, 2.45) is 0 Å². The molecule has 0 aromatic heterocycles. The average molecular weight is 446 g/mol. The Morgan fingerprint density at radius 3 is 2.12 bits per heavy atom. The average Bonchev–Trinajstić information content (AvgIpc) is 3.14. The zero-order valence-corrected chi connectivity index (χ0v) is 17.7. The van der Waals surface area contributed by atoms with E-state index in [1.54, 1.807) is 0 Å². The first kappa shape index (κ1) is 22.0. The van der Waals surface area contributed by atoms with Crippen LogP contribution in [0.1, 0.15) is 29.9 Å². The summed E-state index contributed by atoms with van der Waals surface area (Å²) in [6.45, 7) is 0.480. The van der Waals surface area contributed by atoms with Gasteiger partial charge in [0.2, 0.25) is 0 Å².